The van der Waals surface area contributed by atoms with Gasteiger partial charge in [-0.3, -0.25) is 4.79 Å². The summed E-state index contributed by atoms with van der Waals surface area (Å²) in [6.45, 7) is 1.78. The van der Waals surface area contributed by atoms with Crippen LogP contribution in [0.1, 0.15) is 21.7 Å². The lowest BCUT2D eigenvalue weighted by Gasteiger charge is -1.98. The molecule has 0 aliphatic heterocycles. The largest absolute Gasteiger partial charge is 0.469 e. The van der Waals surface area contributed by atoms with Crippen molar-refractivity contribution in [3.8, 4) is 0 Å². The van der Waals surface area contributed by atoms with Crippen molar-refractivity contribution in [1.29, 1.82) is 0 Å². The second-order valence-corrected chi connectivity index (χ2v) is 3.68. The Bertz CT molecular complexity index is 514. The Morgan fingerprint density at radius 3 is 2.81 bits per heavy atom. The van der Waals surface area contributed by atoms with Gasteiger partial charge in [0.2, 0.25) is 0 Å². The first-order valence-corrected chi connectivity index (χ1v) is 4.98. The van der Waals surface area contributed by atoms with Gasteiger partial charge < -0.3 is 4.42 Å². The van der Waals surface area contributed by atoms with Gasteiger partial charge in [-0.1, -0.05) is 12.1 Å². The molecule has 2 aromatic rings. The average molecular weight is 218 g/mol. The highest BCUT2D eigenvalue weighted by Gasteiger charge is 2.09. The molecule has 0 saturated heterocycles. The molecule has 0 atom stereocenters. The van der Waals surface area contributed by atoms with E-state index in [0.29, 0.717) is 16.9 Å². The predicted octanol–water partition coefficient (Wildman–Crippen LogP) is 3.15. The number of Topliss-reactive ketones (excluding diaryl/α,β-unsaturated/α-hetero) is 1. The number of rotatable bonds is 3. The average Bonchev–Trinajstić information content (AvgIpc) is 2.65. The van der Waals surface area contributed by atoms with Crippen molar-refractivity contribution in [2.75, 3.05) is 0 Å². The minimum atomic E-state index is -0.325. The van der Waals surface area contributed by atoms with E-state index in [1.54, 1.807) is 25.1 Å². The summed E-state index contributed by atoms with van der Waals surface area (Å²) in [7, 11) is 0. The van der Waals surface area contributed by atoms with Crippen LogP contribution >= 0.6 is 0 Å². The molecule has 1 heterocycles. The lowest BCUT2D eigenvalue weighted by atomic mass is 10.1. The maximum absolute atomic E-state index is 12.9. The summed E-state index contributed by atoms with van der Waals surface area (Å²) < 4.78 is 17.9. The molecule has 2 rings (SSSR count). The second kappa shape index (κ2) is 4.31. The quantitative estimate of drug-likeness (QED) is 0.741. The molecule has 2 nitrogen and oxygen atoms in total. The number of benzene rings is 1. The fourth-order valence-corrected chi connectivity index (χ4v) is 1.52. The van der Waals surface area contributed by atoms with E-state index in [2.05, 4.69) is 0 Å². The van der Waals surface area contributed by atoms with Crippen LogP contribution in [0.5, 0.6) is 0 Å². The molecule has 0 radical (unpaired) electrons. The third kappa shape index (κ3) is 2.37. The van der Waals surface area contributed by atoms with Crippen LogP contribution in [-0.4, -0.2) is 5.78 Å². The lowest BCUT2D eigenvalue weighted by Crippen LogP contribution is -2.02. The van der Waals surface area contributed by atoms with E-state index in [4.69, 9.17) is 4.42 Å². The first kappa shape index (κ1) is 10.6. The SMILES string of the molecule is Cc1cc(C(=O)Cc2cccc(F)c2)co1. The molecule has 0 aliphatic carbocycles. The molecule has 16 heavy (non-hydrogen) atoms. The van der Waals surface area contributed by atoms with Gasteiger partial charge in [0.1, 0.15) is 17.8 Å². The fourth-order valence-electron chi connectivity index (χ4n) is 1.52. The van der Waals surface area contributed by atoms with Gasteiger partial charge in [0.05, 0.1) is 5.56 Å². The topological polar surface area (TPSA) is 30.2 Å². The third-order valence-corrected chi connectivity index (χ3v) is 2.31. The van der Waals surface area contributed by atoms with E-state index < -0.39 is 0 Å². The van der Waals surface area contributed by atoms with Crippen LogP contribution in [0, 0.1) is 12.7 Å². The van der Waals surface area contributed by atoms with E-state index in [1.165, 1.54) is 18.4 Å². The normalized spacial score (nSPS) is 10.4. The Balaban J connectivity index is 2.13. The Hall–Kier alpha value is -1.90. The number of furan rings is 1. The van der Waals surface area contributed by atoms with Gasteiger partial charge in [0.15, 0.2) is 5.78 Å². The highest BCUT2D eigenvalue weighted by atomic mass is 19.1. The summed E-state index contributed by atoms with van der Waals surface area (Å²) in [4.78, 5) is 11.8. The monoisotopic (exact) mass is 218 g/mol. The number of ketones is 1. The van der Waals surface area contributed by atoms with Crippen molar-refractivity contribution in [3.05, 3.63) is 59.3 Å². The fraction of sp³-hybridized carbons (Fsp3) is 0.154. The summed E-state index contributed by atoms with van der Waals surface area (Å²) in [5, 5.41) is 0. The van der Waals surface area contributed by atoms with E-state index in [1.807, 2.05) is 0 Å². The van der Waals surface area contributed by atoms with E-state index in [-0.39, 0.29) is 18.0 Å². The van der Waals surface area contributed by atoms with Gasteiger partial charge in [0.25, 0.3) is 0 Å². The van der Waals surface area contributed by atoms with E-state index in [9.17, 15) is 9.18 Å². The minimum absolute atomic E-state index is 0.0672. The van der Waals surface area contributed by atoms with Gasteiger partial charge in [0, 0.05) is 6.42 Å². The first-order chi connectivity index (χ1) is 7.65. The van der Waals surface area contributed by atoms with Crippen LogP contribution in [0.15, 0.2) is 41.0 Å². The predicted molar refractivity (Wildman–Crippen MR) is 57.9 cm³/mol. The molecular weight excluding hydrogens is 207 g/mol. The molecule has 1 aromatic carbocycles. The molecule has 0 fully saturated rings. The molecular formula is C13H11FO2. The molecule has 0 bridgehead atoms. The Labute approximate surface area is 92.7 Å². The van der Waals surface area contributed by atoms with Gasteiger partial charge >= 0.3 is 0 Å². The van der Waals surface area contributed by atoms with E-state index in [0.717, 1.165) is 0 Å². The lowest BCUT2D eigenvalue weighted by molar-refractivity contribution is 0.0992. The molecule has 1 aromatic heterocycles. The number of hydrogen-bond acceptors (Lipinski definition) is 2. The van der Waals surface area contributed by atoms with Crippen LogP contribution in [-0.2, 0) is 6.42 Å². The van der Waals surface area contributed by atoms with Crippen molar-refractivity contribution in [2.24, 2.45) is 0 Å². The zero-order valence-corrected chi connectivity index (χ0v) is 8.87. The Morgan fingerprint density at radius 1 is 1.38 bits per heavy atom. The molecule has 0 aliphatic rings. The molecule has 82 valence electrons. The van der Waals surface area contributed by atoms with Crippen molar-refractivity contribution in [1.82, 2.24) is 0 Å². The van der Waals surface area contributed by atoms with Gasteiger partial charge in [-0.05, 0) is 30.7 Å². The zero-order chi connectivity index (χ0) is 11.5. The minimum Gasteiger partial charge on any atom is -0.469 e. The van der Waals surface area contributed by atoms with Gasteiger partial charge in [-0.25, -0.2) is 4.39 Å². The van der Waals surface area contributed by atoms with Crippen LogP contribution in [0.4, 0.5) is 4.39 Å². The molecule has 3 heteroatoms. The van der Waals surface area contributed by atoms with Gasteiger partial charge in [-0.15, -0.1) is 0 Å². The van der Waals surface area contributed by atoms with E-state index >= 15 is 0 Å². The highest BCUT2D eigenvalue weighted by molar-refractivity contribution is 5.97. The number of halogens is 1. The molecule has 0 unspecified atom stereocenters. The zero-order valence-electron chi connectivity index (χ0n) is 8.87. The number of carbonyl (C=O) groups excluding carboxylic acids is 1. The van der Waals surface area contributed by atoms with Crippen LogP contribution in [0.2, 0.25) is 0 Å². The molecule has 0 saturated carbocycles. The third-order valence-electron chi connectivity index (χ3n) is 2.31. The maximum Gasteiger partial charge on any atom is 0.170 e. The maximum atomic E-state index is 12.9. The summed E-state index contributed by atoms with van der Waals surface area (Å²) in [5.41, 5.74) is 1.20. The van der Waals surface area contributed by atoms with Crippen LogP contribution in [0.25, 0.3) is 0 Å². The standard InChI is InChI=1S/C13H11FO2/c1-9-5-11(8-16-9)13(15)7-10-3-2-4-12(14)6-10/h2-6,8H,7H2,1H3. The second-order valence-electron chi connectivity index (χ2n) is 3.68. The summed E-state index contributed by atoms with van der Waals surface area (Å²) in [5.74, 6) is 0.304. The number of carbonyl (C=O) groups is 1. The van der Waals surface area contributed by atoms with Crippen LogP contribution < -0.4 is 0 Å². The summed E-state index contributed by atoms with van der Waals surface area (Å²) in [6.07, 6.45) is 1.62. The first-order valence-electron chi connectivity index (χ1n) is 4.98. The number of hydrogen-bond donors (Lipinski definition) is 0. The van der Waals surface area contributed by atoms with Crippen molar-refractivity contribution >= 4 is 5.78 Å². The molecule has 0 amide bonds. The number of aryl methyl sites for hydroxylation is 1. The highest BCUT2D eigenvalue weighted by Crippen LogP contribution is 2.11. The summed E-state index contributed by atoms with van der Waals surface area (Å²) >= 11 is 0. The van der Waals surface area contributed by atoms with Gasteiger partial charge in [-0.2, -0.15) is 0 Å². The van der Waals surface area contributed by atoms with Crippen LogP contribution in [0.3, 0.4) is 0 Å². The van der Waals surface area contributed by atoms with Crippen molar-refractivity contribution in [2.45, 2.75) is 13.3 Å². The Kier molecular flexibility index (Phi) is 2.86. The molecule has 0 spiro atoms. The smallest absolute Gasteiger partial charge is 0.170 e. The van der Waals surface area contributed by atoms with Crippen molar-refractivity contribution in [3.63, 3.8) is 0 Å². The summed E-state index contributed by atoms with van der Waals surface area (Å²) in [6, 6.07) is 7.73. The molecule has 0 N–H and O–H groups in total. The Morgan fingerprint density at radius 2 is 2.19 bits per heavy atom. The van der Waals surface area contributed by atoms with Crippen molar-refractivity contribution < 1.29 is 13.6 Å².